The number of rotatable bonds is 8. The van der Waals surface area contributed by atoms with Crippen molar-refractivity contribution in [2.75, 3.05) is 19.5 Å². The molecule has 0 saturated carbocycles. The van der Waals surface area contributed by atoms with Gasteiger partial charge in [0, 0.05) is 5.56 Å². The summed E-state index contributed by atoms with van der Waals surface area (Å²) in [5.41, 5.74) is 1.58. The topological polar surface area (TPSA) is 78.6 Å². The fourth-order valence-corrected chi connectivity index (χ4v) is 2.90. The van der Waals surface area contributed by atoms with E-state index in [0.717, 1.165) is 17.0 Å². The van der Waals surface area contributed by atoms with Gasteiger partial charge in [0.15, 0.2) is 17.2 Å². The molecule has 0 radical (unpaired) electrons. The van der Waals surface area contributed by atoms with E-state index in [2.05, 4.69) is 15.5 Å². The minimum Gasteiger partial charge on any atom is -0.493 e. The van der Waals surface area contributed by atoms with Crippen LogP contribution in [0.2, 0.25) is 0 Å². The molecule has 3 aromatic carbocycles. The van der Waals surface area contributed by atoms with Crippen molar-refractivity contribution in [3.63, 3.8) is 0 Å². The molecule has 0 fully saturated rings. The van der Waals surface area contributed by atoms with Crippen molar-refractivity contribution in [2.45, 2.75) is 6.54 Å². The van der Waals surface area contributed by atoms with E-state index < -0.39 is 0 Å². The van der Waals surface area contributed by atoms with E-state index in [1.165, 1.54) is 0 Å². The van der Waals surface area contributed by atoms with Crippen LogP contribution in [0.5, 0.6) is 23.0 Å². The minimum atomic E-state index is 0.357. The normalized spacial score (nSPS) is 10.5. The van der Waals surface area contributed by atoms with Crippen LogP contribution >= 0.6 is 0 Å². The number of hydrogen-bond acceptors (Lipinski definition) is 7. The highest BCUT2D eigenvalue weighted by atomic mass is 16.5. The molecule has 152 valence electrons. The number of aromatic nitrogens is 2. The fraction of sp³-hybridized carbons (Fsp3) is 0.130. The Morgan fingerprint density at radius 1 is 0.800 bits per heavy atom. The molecule has 0 aliphatic heterocycles. The van der Waals surface area contributed by atoms with Crippen LogP contribution in [0, 0.1) is 0 Å². The standard InChI is InChI=1S/C23H21N3O4/c1-27-20-13-12-16(14-21(20)28-2)23-26-25-22(30-23)15-24-18-10-6-7-11-19(18)29-17-8-4-3-5-9-17/h3-14,24H,15H2,1-2H3. The van der Waals surface area contributed by atoms with Crippen LogP contribution in [0.1, 0.15) is 5.89 Å². The first-order chi connectivity index (χ1) is 14.8. The van der Waals surface area contributed by atoms with E-state index in [1.807, 2.05) is 60.7 Å². The Bertz CT molecular complexity index is 1110. The Balaban J connectivity index is 1.47. The van der Waals surface area contributed by atoms with E-state index >= 15 is 0 Å². The molecule has 0 atom stereocenters. The molecule has 0 bridgehead atoms. The lowest BCUT2D eigenvalue weighted by Crippen LogP contribution is -2.01. The van der Waals surface area contributed by atoms with Gasteiger partial charge in [0.1, 0.15) is 5.75 Å². The summed E-state index contributed by atoms with van der Waals surface area (Å²) in [5, 5.41) is 11.6. The number of hydrogen-bond donors (Lipinski definition) is 1. The average molecular weight is 403 g/mol. The van der Waals surface area contributed by atoms with Crippen LogP contribution in [0.15, 0.2) is 77.2 Å². The zero-order valence-electron chi connectivity index (χ0n) is 16.7. The second-order valence-electron chi connectivity index (χ2n) is 6.34. The summed E-state index contributed by atoms with van der Waals surface area (Å²) in [5.74, 6) is 3.57. The lowest BCUT2D eigenvalue weighted by atomic mass is 10.2. The number of anilines is 1. The summed E-state index contributed by atoms with van der Waals surface area (Å²) in [6.07, 6.45) is 0. The first-order valence-electron chi connectivity index (χ1n) is 9.37. The molecule has 0 amide bonds. The molecule has 4 rings (SSSR count). The molecule has 30 heavy (non-hydrogen) atoms. The maximum atomic E-state index is 5.96. The predicted molar refractivity (Wildman–Crippen MR) is 113 cm³/mol. The fourth-order valence-electron chi connectivity index (χ4n) is 2.90. The second kappa shape index (κ2) is 9.00. The van der Waals surface area contributed by atoms with Crippen molar-refractivity contribution < 1.29 is 18.6 Å². The first-order valence-corrected chi connectivity index (χ1v) is 9.37. The lowest BCUT2D eigenvalue weighted by molar-refractivity contribution is 0.355. The molecule has 0 aliphatic rings. The van der Waals surface area contributed by atoms with Gasteiger partial charge in [-0.05, 0) is 42.5 Å². The Morgan fingerprint density at radius 2 is 1.57 bits per heavy atom. The minimum absolute atomic E-state index is 0.357. The van der Waals surface area contributed by atoms with Crippen LogP contribution in [0.4, 0.5) is 5.69 Å². The molecule has 0 saturated heterocycles. The van der Waals surface area contributed by atoms with Gasteiger partial charge in [-0.1, -0.05) is 30.3 Å². The molecule has 1 heterocycles. The molecule has 4 aromatic rings. The third kappa shape index (κ3) is 4.35. The smallest absolute Gasteiger partial charge is 0.247 e. The van der Waals surface area contributed by atoms with Crippen molar-refractivity contribution in [1.29, 1.82) is 0 Å². The summed E-state index contributed by atoms with van der Waals surface area (Å²) < 4.78 is 22.4. The van der Waals surface area contributed by atoms with Gasteiger partial charge < -0.3 is 23.9 Å². The summed E-state index contributed by atoms with van der Waals surface area (Å²) in [4.78, 5) is 0. The van der Waals surface area contributed by atoms with Crippen LogP contribution in [-0.4, -0.2) is 24.4 Å². The first kappa shape index (κ1) is 19.3. The van der Waals surface area contributed by atoms with Crippen LogP contribution in [0.25, 0.3) is 11.5 Å². The third-order valence-corrected chi connectivity index (χ3v) is 4.39. The van der Waals surface area contributed by atoms with Crippen LogP contribution in [-0.2, 0) is 6.54 Å². The monoisotopic (exact) mass is 403 g/mol. The van der Waals surface area contributed by atoms with E-state index in [9.17, 15) is 0 Å². The number of benzene rings is 3. The molecule has 0 spiro atoms. The van der Waals surface area contributed by atoms with Crippen LogP contribution < -0.4 is 19.5 Å². The number of nitrogens with zero attached hydrogens (tertiary/aromatic N) is 2. The Kier molecular flexibility index (Phi) is 5.80. The summed E-state index contributed by atoms with van der Waals surface area (Å²) in [6, 6.07) is 22.8. The van der Waals surface area contributed by atoms with Gasteiger partial charge >= 0.3 is 0 Å². The number of methoxy groups -OCH3 is 2. The van der Waals surface area contributed by atoms with Gasteiger partial charge in [-0.3, -0.25) is 0 Å². The Morgan fingerprint density at radius 3 is 2.37 bits per heavy atom. The van der Waals surface area contributed by atoms with Crippen molar-refractivity contribution in [2.24, 2.45) is 0 Å². The van der Waals surface area contributed by atoms with E-state index in [1.54, 1.807) is 26.4 Å². The largest absolute Gasteiger partial charge is 0.493 e. The second-order valence-corrected chi connectivity index (χ2v) is 6.34. The average Bonchev–Trinajstić information content (AvgIpc) is 3.28. The van der Waals surface area contributed by atoms with Gasteiger partial charge in [-0.25, -0.2) is 0 Å². The highest BCUT2D eigenvalue weighted by Gasteiger charge is 2.13. The van der Waals surface area contributed by atoms with Gasteiger partial charge in [0.25, 0.3) is 0 Å². The molecule has 7 heteroatoms. The zero-order chi connectivity index (χ0) is 20.8. The number of nitrogens with one attached hydrogen (secondary N) is 1. The molecule has 1 aromatic heterocycles. The van der Waals surface area contributed by atoms with Crippen molar-refractivity contribution in [3.8, 4) is 34.5 Å². The molecular formula is C23H21N3O4. The summed E-state index contributed by atoms with van der Waals surface area (Å²) in [6.45, 7) is 0.357. The number of ether oxygens (including phenoxy) is 3. The van der Waals surface area contributed by atoms with E-state index in [4.69, 9.17) is 18.6 Å². The van der Waals surface area contributed by atoms with Crippen LogP contribution in [0.3, 0.4) is 0 Å². The van der Waals surface area contributed by atoms with Gasteiger partial charge in [0.05, 0.1) is 26.5 Å². The summed E-state index contributed by atoms with van der Waals surface area (Å²) >= 11 is 0. The quantitative estimate of drug-likeness (QED) is 0.435. The molecule has 1 N–H and O–H groups in total. The zero-order valence-corrected chi connectivity index (χ0v) is 16.7. The van der Waals surface area contributed by atoms with E-state index in [-0.39, 0.29) is 0 Å². The van der Waals surface area contributed by atoms with Crippen molar-refractivity contribution in [1.82, 2.24) is 10.2 Å². The van der Waals surface area contributed by atoms with Crippen molar-refractivity contribution >= 4 is 5.69 Å². The van der Waals surface area contributed by atoms with Gasteiger partial charge in [0.2, 0.25) is 11.8 Å². The Labute approximate surface area is 174 Å². The molecule has 0 aliphatic carbocycles. The van der Waals surface area contributed by atoms with Crippen molar-refractivity contribution in [3.05, 3.63) is 78.7 Å². The van der Waals surface area contributed by atoms with Gasteiger partial charge in [-0.2, -0.15) is 0 Å². The highest BCUT2D eigenvalue weighted by Crippen LogP contribution is 2.32. The maximum Gasteiger partial charge on any atom is 0.247 e. The Hall–Kier alpha value is -4.00. The maximum absolute atomic E-state index is 5.96. The molecule has 7 nitrogen and oxygen atoms in total. The lowest BCUT2D eigenvalue weighted by Gasteiger charge is -2.11. The number of para-hydroxylation sites is 3. The molecular weight excluding hydrogens is 382 g/mol. The molecule has 0 unspecified atom stereocenters. The predicted octanol–water partition coefficient (Wildman–Crippen LogP) is 5.16. The summed E-state index contributed by atoms with van der Waals surface area (Å²) in [7, 11) is 3.17. The van der Waals surface area contributed by atoms with Gasteiger partial charge in [-0.15, -0.1) is 10.2 Å². The highest BCUT2D eigenvalue weighted by molar-refractivity contribution is 5.60. The van der Waals surface area contributed by atoms with E-state index in [0.29, 0.717) is 35.6 Å². The SMILES string of the molecule is COc1ccc(-c2nnc(CNc3ccccc3Oc3ccccc3)o2)cc1OC. The third-order valence-electron chi connectivity index (χ3n) is 4.39.